The molecule has 1 heterocycles. The van der Waals surface area contributed by atoms with Crippen LogP contribution < -0.4 is 4.18 Å². The van der Waals surface area contributed by atoms with Gasteiger partial charge in [0.25, 0.3) is 16.8 Å². The highest BCUT2D eigenvalue weighted by atomic mass is 32.2. The smallest absolute Gasteiger partial charge is 0.339 e. The van der Waals surface area contributed by atoms with Gasteiger partial charge in [0.2, 0.25) is 0 Å². The SMILES string of the molecule is O=C1S/C(=C\c2ccc(OS(=O)(=O)c3ccc([N+](=O)[O-])cc3)cc2)C(=O)N1Cc1cccc2ccccc12. The van der Waals surface area contributed by atoms with Crippen molar-refractivity contribution in [2.45, 2.75) is 11.4 Å². The third kappa shape index (κ3) is 5.15. The molecule has 9 nitrogen and oxygen atoms in total. The Hall–Kier alpha value is -4.48. The number of benzene rings is 4. The second-order valence-electron chi connectivity index (χ2n) is 8.26. The molecule has 0 spiro atoms. The van der Waals surface area contributed by atoms with Crippen molar-refractivity contribution in [2.75, 3.05) is 0 Å². The lowest BCUT2D eigenvalue weighted by Crippen LogP contribution is -2.27. The number of hydrogen-bond acceptors (Lipinski definition) is 8. The first-order valence-corrected chi connectivity index (χ1v) is 13.4. The average molecular weight is 547 g/mol. The minimum absolute atomic E-state index is 0.0181. The Morgan fingerprint density at radius 1 is 0.895 bits per heavy atom. The third-order valence-electron chi connectivity index (χ3n) is 5.80. The van der Waals surface area contributed by atoms with Crippen molar-refractivity contribution in [3.8, 4) is 5.75 Å². The number of carbonyl (C=O) groups is 2. The number of nitro groups is 1. The number of amides is 2. The van der Waals surface area contributed by atoms with Crippen LogP contribution in [0.3, 0.4) is 0 Å². The molecule has 1 fully saturated rings. The molecule has 0 saturated carbocycles. The van der Waals surface area contributed by atoms with Crippen molar-refractivity contribution >= 4 is 55.6 Å². The van der Waals surface area contributed by atoms with Crippen LogP contribution in [0.5, 0.6) is 5.75 Å². The highest BCUT2D eigenvalue weighted by Gasteiger charge is 2.35. The molecule has 2 amide bonds. The highest BCUT2D eigenvalue weighted by molar-refractivity contribution is 8.18. The second kappa shape index (κ2) is 10.1. The fourth-order valence-electron chi connectivity index (χ4n) is 3.92. The van der Waals surface area contributed by atoms with Crippen LogP contribution in [0, 0.1) is 10.1 Å². The van der Waals surface area contributed by atoms with Crippen molar-refractivity contribution in [1.82, 2.24) is 4.90 Å². The normalized spacial score (nSPS) is 14.8. The minimum atomic E-state index is -4.21. The topological polar surface area (TPSA) is 124 Å². The molecule has 190 valence electrons. The zero-order valence-corrected chi connectivity index (χ0v) is 21.1. The molecule has 1 aliphatic rings. The van der Waals surface area contributed by atoms with Gasteiger partial charge in [-0.3, -0.25) is 24.6 Å². The number of nitrogens with zero attached hydrogens (tertiary/aromatic N) is 2. The predicted molar refractivity (Wildman–Crippen MR) is 143 cm³/mol. The van der Waals surface area contributed by atoms with Gasteiger partial charge in [-0.25, -0.2) is 0 Å². The number of hydrogen-bond donors (Lipinski definition) is 0. The van der Waals surface area contributed by atoms with E-state index >= 15 is 0 Å². The van der Waals surface area contributed by atoms with E-state index in [0.29, 0.717) is 5.56 Å². The molecule has 0 N–H and O–H groups in total. The number of thioether (sulfide) groups is 1. The number of nitro benzene ring substituents is 1. The van der Waals surface area contributed by atoms with Crippen molar-refractivity contribution in [3.63, 3.8) is 0 Å². The van der Waals surface area contributed by atoms with Crippen LogP contribution in [0.4, 0.5) is 10.5 Å². The maximum Gasteiger partial charge on any atom is 0.339 e. The van der Waals surface area contributed by atoms with E-state index in [1.54, 1.807) is 18.2 Å². The summed E-state index contributed by atoms with van der Waals surface area (Å²) in [6, 6.07) is 23.8. The molecular weight excluding hydrogens is 528 g/mol. The van der Waals surface area contributed by atoms with E-state index in [1.165, 1.54) is 17.0 Å². The van der Waals surface area contributed by atoms with Crippen LogP contribution in [0.2, 0.25) is 0 Å². The summed E-state index contributed by atoms with van der Waals surface area (Å²) >= 11 is 0.839. The molecule has 1 saturated heterocycles. The van der Waals surface area contributed by atoms with Crippen molar-refractivity contribution < 1.29 is 27.1 Å². The van der Waals surface area contributed by atoms with Crippen LogP contribution in [0.1, 0.15) is 11.1 Å². The monoisotopic (exact) mass is 546 g/mol. The van der Waals surface area contributed by atoms with E-state index < -0.39 is 20.9 Å². The molecule has 4 aromatic carbocycles. The van der Waals surface area contributed by atoms with E-state index in [1.807, 2.05) is 42.5 Å². The van der Waals surface area contributed by atoms with Gasteiger partial charge in [0, 0.05) is 12.1 Å². The summed E-state index contributed by atoms with van der Waals surface area (Å²) in [6.07, 6.45) is 1.56. The number of non-ortho nitro benzene ring substituents is 1. The molecule has 0 unspecified atom stereocenters. The predicted octanol–water partition coefficient (Wildman–Crippen LogP) is 5.75. The zero-order valence-electron chi connectivity index (χ0n) is 19.5. The van der Waals surface area contributed by atoms with E-state index in [2.05, 4.69) is 0 Å². The fraction of sp³-hybridized carbons (Fsp3) is 0.0370. The molecule has 0 aliphatic carbocycles. The summed E-state index contributed by atoms with van der Waals surface area (Å²) in [4.78, 5) is 37.0. The maximum atomic E-state index is 13.0. The molecule has 1 aliphatic heterocycles. The Kier molecular flexibility index (Phi) is 6.70. The quantitative estimate of drug-likeness (QED) is 0.124. The first kappa shape index (κ1) is 25.2. The van der Waals surface area contributed by atoms with Gasteiger partial charge in [0.15, 0.2) is 0 Å². The molecule has 0 radical (unpaired) electrons. The van der Waals surface area contributed by atoms with Gasteiger partial charge in [0.1, 0.15) is 10.6 Å². The van der Waals surface area contributed by atoms with Crippen LogP contribution in [0.25, 0.3) is 16.8 Å². The summed E-state index contributed by atoms with van der Waals surface area (Å²) in [5, 5.41) is 12.4. The van der Waals surface area contributed by atoms with Crippen molar-refractivity contribution in [2.24, 2.45) is 0 Å². The van der Waals surface area contributed by atoms with Crippen molar-refractivity contribution in [1.29, 1.82) is 0 Å². The Balaban J connectivity index is 1.30. The molecule has 5 rings (SSSR count). The fourth-order valence-corrected chi connectivity index (χ4v) is 5.69. The van der Waals surface area contributed by atoms with Gasteiger partial charge in [-0.1, -0.05) is 54.6 Å². The number of imide groups is 1. The summed E-state index contributed by atoms with van der Waals surface area (Å²) in [7, 11) is -4.21. The molecular formula is C27H18N2O7S2. The molecule has 0 atom stereocenters. The van der Waals surface area contributed by atoms with Gasteiger partial charge in [-0.05, 0) is 64.0 Å². The first-order valence-electron chi connectivity index (χ1n) is 11.2. The van der Waals surface area contributed by atoms with Gasteiger partial charge < -0.3 is 4.18 Å². The van der Waals surface area contributed by atoms with Crippen molar-refractivity contribution in [3.05, 3.63) is 117 Å². The summed E-state index contributed by atoms with van der Waals surface area (Å²) in [5.41, 5.74) is 1.19. The average Bonchev–Trinajstić information content (AvgIpc) is 3.17. The molecule has 38 heavy (non-hydrogen) atoms. The van der Waals surface area contributed by atoms with E-state index in [-0.39, 0.29) is 33.0 Å². The molecule has 4 aromatic rings. The Labute approximate surface area is 221 Å². The Morgan fingerprint density at radius 3 is 2.29 bits per heavy atom. The van der Waals surface area contributed by atoms with Crippen LogP contribution in [-0.4, -0.2) is 29.4 Å². The zero-order chi connectivity index (χ0) is 26.9. The highest BCUT2D eigenvalue weighted by Crippen LogP contribution is 2.34. The third-order valence-corrected chi connectivity index (χ3v) is 7.97. The lowest BCUT2D eigenvalue weighted by atomic mass is 10.0. The number of fused-ring (bicyclic) bond motifs is 1. The number of carbonyl (C=O) groups excluding carboxylic acids is 2. The van der Waals surface area contributed by atoms with Crippen LogP contribution in [-0.2, 0) is 21.5 Å². The van der Waals surface area contributed by atoms with Crippen LogP contribution in [0.15, 0.2) is 101 Å². The van der Waals surface area contributed by atoms with Gasteiger partial charge >= 0.3 is 10.1 Å². The van der Waals surface area contributed by atoms with E-state index in [0.717, 1.165) is 52.4 Å². The van der Waals surface area contributed by atoms with Gasteiger partial charge in [0.05, 0.1) is 16.4 Å². The first-order chi connectivity index (χ1) is 18.2. The largest absolute Gasteiger partial charge is 0.379 e. The number of rotatable bonds is 7. The Morgan fingerprint density at radius 2 is 1.58 bits per heavy atom. The minimum Gasteiger partial charge on any atom is -0.379 e. The lowest BCUT2D eigenvalue weighted by molar-refractivity contribution is -0.384. The van der Waals surface area contributed by atoms with E-state index in [4.69, 9.17) is 4.18 Å². The van der Waals surface area contributed by atoms with Crippen LogP contribution >= 0.6 is 11.8 Å². The second-order valence-corrected chi connectivity index (χ2v) is 10.8. The lowest BCUT2D eigenvalue weighted by Gasteiger charge is -2.14. The molecule has 11 heteroatoms. The van der Waals surface area contributed by atoms with Gasteiger partial charge in [-0.15, -0.1) is 0 Å². The molecule has 0 bridgehead atoms. The maximum absolute atomic E-state index is 13.0. The van der Waals surface area contributed by atoms with Gasteiger partial charge in [-0.2, -0.15) is 8.42 Å². The Bertz CT molecular complexity index is 1710. The summed E-state index contributed by atoms with van der Waals surface area (Å²) in [5.74, 6) is -0.390. The summed E-state index contributed by atoms with van der Waals surface area (Å²) in [6.45, 7) is 0.149. The summed E-state index contributed by atoms with van der Waals surface area (Å²) < 4.78 is 30.1. The molecule has 0 aromatic heterocycles. The van der Waals surface area contributed by atoms with E-state index in [9.17, 15) is 28.1 Å². The standard InChI is InChI=1S/C27H18N2O7S2/c30-26-25(37-27(31)28(26)17-20-6-3-5-19-4-1-2-7-24(19)20)16-18-8-12-22(13-9-18)36-38(34,35)23-14-10-21(11-15-23)29(32)33/h1-16H,17H2/b25-16-.